The van der Waals surface area contributed by atoms with Crippen LogP contribution in [0.25, 0.3) is 88.7 Å². The fraction of sp³-hybridized carbons (Fsp3) is 0.0833. The van der Waals surface area contributed by atoms with Gasteiger partial charge in [-0.1, -0.05) is 99.6 Å². The zero-order valence-corrected chi connectivity index (χ0v) is 29.9. The van der Waals surface area contributed by atoms with Gasteiger partial charge < -0.3 is 18.4 Å². The largest absolute Gasteiger partial charge is 0.507 e. The third kappa shape index (κ3) is 5.26. The number of nitrogens with zero attached hydrogens (tertiary/aromatic N) is 2. The topological polar surface area (TPSA) is 84.9 Å². The maximum atomic E-state index is 10.7. The first-order valence-corrected chi connectivity index (χ1v) is 18.0. The molecular weight excluding hydrogens is 669 g/mol. The molecule has 260 valence electrons. The molecule has 10 rings (SSSR count). The fourth-order valence-electron chi connectivity index (χ4n) is 7.41. The molecule has 54 heavy (non-hydrogen) atoms. The highest BCUT2D eigenvalue weighted by molar-refractivity contribution is 6.12. The van der Waals surface area contributed by atoms with E-state index in [1.807, 2.05) is 78.9 Å². The maximum Gasteiger partial charge on any atom is 0.229 e. The molecule has 6 nitrogen and oxygen atoms in total. The lowest BCUT2D eigenvalue weighted by atomic mass is 9.86. The molecule has 3 heterocycles. The van der Waals surface area contributed by atoms with Gasteiger partial charge in [0.25, 0.3) is 0 Å². The van der Waals surface area contributed by atoms with E-state index in [9.17, 15) is 5.11 Å². The molecule has 0 spiro atoms. The summed E-state index contributed by atoms with van der Waals surface area (Å²) in [6, 6.07) is 46.4. The molecule has 0 bridgehead atoms. The first-order valence-electron chi connectivity index (χ1n) is 18.0. The number of rotatable bonds is 5. The molecule has 0 fully saturated rings. The van der Waals surface area contributed by atoms with Gasteiger partial charge in [0.15, 0.2) is 5.58 Å². The number of benzene rings is 7. The van der Waals surface area contributed by atoms with E-state index in [-0.39, 0.29) is 11.2 Å². The average Bonchev–Trinajstić information content (AvgIpc) is 3.90. The number of phenols is 1. The normalized spacial score (nSPS) is 12.4. The van der Waals surface area contributed by atoms with E-state index in [1.165, 1.54) is 0 Å². The number of para-hydroxylation sites is 4. The molecule has 0 aliphatic heterocycles. The summed E-state index contributed by atoms with van der Waals surface area (Å²) in [5.74, 6) is 0.613. The molecule has 0 aliphatic rings. The summed E-state index contributed by atoms with van der Waals surface area (Å²) in [7, 11) is 0. The zero-order chi connectivity index (χ0) is 36.6. The van der Waals surface area contributed by atoms with Crippen molar-refractivity contribution < 1.29 is 18.4 Å². The van der Waals surface area contributed by atoms with E-state index >= 15 is 0 Å². The molecular formula is C48H34N2O4. The summed E-state index contributed by atoms with van der Waals surface area (Å²) in [5.41, 5.74) is 11.6. The molecule has 0 atom stereocenters. The molecule has 0 saturated carbocycles. The second-order valence-electron chi connectivity index (χ2n) is 14.8. The van der Waals surface area contributed by atoms with Gasteiger partial charge in [-0.15, -0.1) is 0 Å². The van der Waals surface area contributed by atoms with Crippen LogP contribution in [0.5, 0.6) is 5.75 Å². The van der Waals surface area contributed by atoms with E-state index in [2.05, 4.69) is 75.4 Å². The number of aromatic hydroxyl groups is 1. The smallest absolute Gasteiger partial charge is 0.229 e. The van der Waals surface area contributed by atoms with Crippen LogP contribution in [0.1, 0.15) is 31.9 Å². The zero-order valence-electron chi connectivity index (χ0n) is 29.9. The minimum atomic E-state index is -0.0757. The van der Waals surface area contributed by atoms with Gasteiger partial charge in [0.05, 0.1) is 11.3 Å². The van der Waals surface area contributed by atoms with Gasteiger partial charge in [0, 0.05) is 44.4 Å². The van der Waals surface area contributed by atoms with Crippen molar-refractivity contribution in [3.63, 3.8) is 0 Å². The number of furan rings is 2. The van der Waals surface area contributed by atoms with E-state index in [1.54, 1.807) is 12.3 Å². The van der Waals surface area contributed by atoms with Crippen LogP contribution in [0, 0.1) is 0 Å². The van der Waals surface area contributed by atoms with Crippen molar-refractivity contribution in [2.24, 2.45) is 4.99 Å². The van der Waals surface area contributed by atoms with Gasteiger partial charge in [-0.25, -0.2) is 4.98 Å². The number of aliphatic imine (C=N–C) groups is 1. The van der Waals surface area contributed by atoms with Crippen LogP contribution in [-0.2, 0) is 5.41 Å². The number of hydrogen-bond donors (Lipinski definition) is 1. The molecule has 6 heteroatoms. The minimum Gasteiger partial charge on any atom is -0.507 e. The van der Waals surface area contributed by atoms with Crippen LogP contribution >= 0.6 is 0 Å². The molecule has 3 aromatic heterocycles. The Morgan fingerprint density at radius 2 is 1.26 bits per heavy atom. The van der Waals surface area contributed by atoms with Gasteiger partial charge in [-0.2, -0.15) is 0 Å². The van der Waals surface area contributed by atoms with Crippen molar-refractivity contribution in [1.82, 2.24) is 4.98 Å². The standard InChI is InChI=1S/C48H34N2O4/c1-48(2,3)31-20-21-40(51)30(23-31)27-49-39-16-7-4-13-36(39)47-50-45-38(35-15-10-14-34-32-11-5-9-18-42(32)53-46(34)35)25-29(26-44(45)54-47)28-19-22-43-37(24-28)33-12-6-8-17-41(33)52-43/h4-27,51H,1-3H3. The number of oxazole rings is 1. The summed E-state index contributed by atoms with van der Waals surface area (Å²) in [6.45, 7) is 6.44. The van der Waals surface area contributed by atoms with Gasteiger partial charge >= 0.3 is 0 Å². The second-order valence-corrected chi connectivity index (χ2v) is 14.8. The third-order valence-corrected chi connectivity index (χ3v) is 10.3. The fourth-order valence-corrected chi connectivity index (χ4v) is 7.41. The summed E-state index contributed by atoms with van der Waals surface area (Å²) in [5, 5.41) is 14.9. The number of fused-ring (bicyclic) bond motifs is 7. The number of hydrogen-bond acceptors (Lipinski definition) is 6. The van der Waals surface area contributed by atoms with Crippen molar-refractivity contribution in [3.8, 4) is 39.5 Å². The third-order valence-electron chi connectivity index (χ3n) is 10.3. The highest BCUT2D eigenvalue weighted by atomic mass is 16.3. The first-order chi connectivity index (χ1) is 26.3. The van der Waals surface area contributed by atoms with Crippen molar-refractivity contribution in [2.45, 2.75) is 26.2 Å². The molecule has 10 aromatic rings. The Bertz CT molecular complexity index is 3120. The lowest BCUT2D eigenvalue weighted by molar-refractivity contribution is 0.473. The highest BCUT2D eigenvalue weighted by Gasteiger charge is 2.21. The highest BCUT2D eigenvalue weighted by Crippen LogP contribution is 2.43. The van der Waals surface area contributed by atoms with Crippen molar-refractivity contribution in [1.29, 1.82) is 0 Å². The first kappa shape index (κ1) is 31.8. The quantitative estimate of drug-likeness (QED) is 0.180. The Kier molecular flexibility index (Phi) is 7.11. The molecule has 0 unspecified atom stereocenters. The Morgan fingerprint density at radius 1 is 0.556 bits per heavy atom. The Morgan fingerprint density at radius 3 is 2.09 bits per heavy atom. The predicted molar refractivity (Wildman–Crippen MR) is 219 cm³/mol. The van der Waals surface area contributed by atoms with Crippen LogP contribution in [0.2, 0.25) is 0 Å². The minimum absolute atomic E-state index is 0.0757. The van der Waals surface area contributed by atoms with Gasteiger partial charge in [0.2, 0.25) is 5.89 Å². The molecule has 0 aliphatic carbocycles. The van der Waals surface area contributed by atoms with Gasteiger partial charge in [0.1, 0.15) is 33.6 Å². The monoisotopic (exact) mass is 702 g/mol. The number of aromatic nitrogens is 1. The predicted octanol–water partition coefficient (Wildman–Crippen LogP) is 13.4. The van der Waals surface area contributed by atoms with Gasteiger partial charge in [-0.3, -0.25) is 4.99 Å². The van der Waals surface area contributed by atoms with Crippen LogP contribution in [0.3, 0.4) is 0 Å². The van der Waals surface area contributed by atoms with Crippen LogP contribution in [0.4, 0.5) is 5.69 Å². The summed E-state index contributed by atoms with van der Waals surface area (Å²) < 4.78 is 19.4. The number of phenolic OH excluding ortho intramolecular Hbond substituents is 1. The Labute approximate surface area is 310 Å². The summed E-state index contributed by atoms with van der Waals surface area (Å²) in [4.78, 5) is 10.0. The van der Waals surface area contributed by atoms with E-state index < -0.39 is 0 Å². The second kappa shape index (κ2) is 12.1. The van der Waals surface area contributed by atoms with Gasteiger partial charge in [-0.05, 0) is 82.8 Å². The lowest BCUT2D eigenvalue weighted by Crippen LogP contribution is -2.11. The van der Waals surface area contributed by atoms with E-state index in [0.717, 1.165) is 77.3 Å². The van der Waals surface area contributed by atoms with Crippen molar-refractivity contribution >= 4 is 66.9 Å². The Hall–Kier alpha value is -6.92. The SMILES string of the molecule is CC(C)(C)c1ccc(O)c(C=Nc2ccccc2-c2nc3c(-c4cccc5c4oc4ccccc45)cc(-c4ccc5oc6ccccc6c5c4)cc3o2)c1. The average molecular weight is 703 g/mol. The summed E-state index contributed by atoms with van der Waals surface area (Å²) >= 11 is 0. The van der Waals surface area contributed by atoms with E-state index in [4.69, 9.17) is 23.2 Å². The maximum absolute atomic E-state index is 10.7. The van der Waals surface area contributed by atoms with Crippen LogP contribution < -0.4 is 0 Å². The molecule has 1 N–H and O–H groups in total. The molecule has 0 amide bonds. The molecule has 0 radical (unpaired) electrons. The summed E-state index contributed by atoms with van der Waals surface area (Å²) in [6.07, 6.45) is 1.70. The molecule has 0 saturated heterocycles. The van der Waals surface area contributed by atoms with Crippen molar-refractivity contribution in [2.75, 3.05) is 0 Å². The van der Waals surface area contributed by atoms with Crippen molar-refractivity contribution in [3.05, 3.63) is 151 Å². The van der Waals surface area contributed by atoms with Crippen LogP contribution in [-0.4, -0.2) is 16.3 Å². The lowest BCUT2D eigenvalue weighted by Gasteiger charge is -2.19. The van der Waals surface area contributed by atoms with Crippen LogP contribution in [0.15, 0.2) is 158 Å². The van der Waals surface area contributed by atoms with E-state index in [0.29, 0.717) is 28.2 Å². The Balaban J connectivity index is 1.17. The molecule has 7 aromatic carbocycles.